The number of aryl methyl sites for hydroxylation is 1. The first-order valence-corrected chi connectivity index (χ1v) is 11.0. The van der Waals surface area contributed by atoms with Gasteiger partial charge in [0.1, 0.15) is 0 Å². The van der Waals surface area contributed by atoms with Crippen LogP contribution in [-0.4, -0.2) is 27.3 Å². The SMILES string of the molecule is Cc1nc(CC(=O)N2CCC[C@H]2c2cccc(Cc3ccc(C(F)(F)F)cc3)n2)cs1. The zero-order valence-electron chi connectivity index (χ0n) is 17.0. The van der Waals surface area contributed by atoms with Crippen molar-refractivity contribution >= 4 is 17.2 Å². The summed E-state index contributed by atoms with van der Waals surface area (Å²) in [5, 5.41) is 2.86. The largest absolute Gasteiger partial charge is 0.416 e. The van der Waals surface area contributed by atoms with Crippen molar-refractivity contribution in [2.24, 2.45) is 0 Å². The predicted molar refractivity (Wildman–Crippen MR) is 113 cm³/mol. The monoisotopic (exact) mass is 445 g/mol. The van der Waals surface area contributed by atoms with E-state index >= 15 is 0 Å². The lowest BCUT2D eigenvalue weighted by atomic mass is 10.0. The molecule has 1 aliphatic heterocycles. The van der Waals surface area contributed by atoms with E-state index in [4.69, 9.17) is 4.98 Å². The molecule has 1 amide bonds. The molecule has 8 heteroatoms. The Morgan fingerprint density at radius 1 is 1.13 bits per heavy atom. The quantitative estimate of drug-likeness (QED) is 0.531. The second kappa shape index (κ2) is 8.78. The number of carbonyl (C=O) groups excluding carboxylic acids is 1. The molecule has 2 aromatic heterocycles. The minimum Gasteiger partial charge on any atom is -0.334 e. The molecule has 0 spiro atoms. The highest BCUT2D eigenvalue weighted by molar-refractivity contribution is 7.09. The molecule has 0 bridgehead atoms. The summed E-state index contributed by atoms with van der Waals surface area (Å²) >= 11 is 1.53. The van der Waals surface area contributed by atoms with E-state index in [0.29, 0.717) is 13.0 Å². The van der Waals surface area contributed by atoms with Crippen molar-refractivity contribution in [1.82, 2.24) is 14.9 Å². The second-order valence-electron chi connectivity index (χ2n) is 7.71. The number of hydrogen-bond donors (Lipinski definition) is 0. The number of amides is 1. The molecule has 3 aromatic rings. The molecule has 1 aliphatic rings. The molecular weight excluding hydrogens is 423 g/mol. The third kappa shape index (κ3) is 5.12. The molecule has 0 saturated carbocycles. The van der Waals surface area contributed by atoms with Crippen LogP contribution in [0.2, 0.25) is 0 Å². The first-order valence-electron chi connectivity index (χ1n) is 10.1. The zero-order chi connectivity index (χ0) is 22.0. The van der Waals surface area contributed by atoms with Crippen molar-refractivity contribution in [1.29, 1.82) is 0 Å². The van der Waals surface area contributed by atoms with Gasteiger partial charge >= 0.3 is 6.18 Å². The number of halogens is 3. The van der Waals surface area contributed by atoms with Gasteiger partial charge in [-0.1, -0.05) is 18.2 Å². The van der Waals surface area contributed by atoms with Crippen LogP contribution in [0.25, 0.3) is 0 Å². The van der Waals surface area contributed by atoms with Gasteiger partial charge in [0.05, 0.1) is 34.4 Å². The zero-order valence-corrected chi connectivity index (χ0v) is 17.8. The van der Waals surface area contributed by atoms with Gasteiger partial charge in [-0.25, -0.2) is 4.98 Å². The van der Waals surface area contributed by atoms with Crippen LogP contribution in [-0.2, 0) is 23.8 Å². The van der Waals surface area contributed by atoms with E-state index in [1.807, 2.05) is 35.4 Å². The molecule has 4 nitrogen and oxygen atoms in total. The molecule has 0 radical (unpaired) electrons. The van der Waals surface area contributed by atoms with Gasteiger partial charge in [-0.15, -0.1) is 11.3 Å². The molecule has 0 N–H and O–H groups in total. The Morgan fingerprint density at radius 3 is 2.58 bits per heavy atom. The topological polar surface area (TPSA) is 46.1 Å². The van der Waals surface area contributed by atoms with Crippen LogP contribution in [0.4, 0.5) is 13.2 Å². The normalized spacial score (nSPS) is 16.6. The van der Waals surface area contributed by atoms with Gasteiger partial charge in [0.25, 0.3) is 0 Å². The third-order valence-electron chi connectivity index (χ3n) is 5.41. The summed E-state index contributed by atoms with van der Waals surface area (Å²) in [4.78, 5) is 23.9. The van der Waals surface area contributed by atoms with Crippen molar-refractivity contribution in [2.75, 3.05) is 6.54 Å². The lowest BCUT2D eigenvalue weighted by Gasteiger charge is -2.24. The maximum absolute atomic E-state index is 12.9. The number of pyridine rings is 1. The number of hydrogen-bond acceptors (Lipinski definition) is 4. The first-order chi connectivity index (χ1) is 14.8. The highest BCUT2D eigenvalue weighted by Gasteiger charge is 2.31. The molecule has 1 saturated heterocycles. The number of benzene rings is 1. The molecule has 0 aliphatic carbocycles. The fourth-order valence-electron chi connectivity index (χ4n) is 3.92. The Kier molecular flexibility index (Phi) is 6.09. The summed E-state index contributed by atoms with van der Waals surface area (Å²) in [5.74, 6) is 0.0442. The number of aromatic nitrogens is 2. The molecule has 31 heavy (non-hydrogen) atoms. The Bertz CT molecular complexity index is 1060. The van der Waals surface area contributed by atoms with Gasteiger partial charge in [-0.2, -0.15) is 13.2 Å². The second-order valence-corrected chi connectivity index (χ2v) is 8.77. The van der Waals surface area contributed by atoms with E-state index in [-0.39, 0.29) is 18.4 Å². The summed E-state index contributed by atoms with van der Waals surface area (Å²) in [6.07, 6.45) is -1.86. The number of nitrogens with zero attached hydrogens (tertiary/aromatic N) is 3. The Labute approximate surface area is 182 Å². The Balaban J connectivity index is 1.47. The maximum atomic E-state index is 12.9. The molecule has 1 aromatic carbocycles. The third-order valence-corrected chi connectivity index (χ3v) is 6.23. The highest BCUT2D eigenvalue weighted by atomic mass is 32.1. The smallest absolute Gasteiger partial charge is 0.334 e. The number of alkyl halides is 3. The number of carbonyl (C=O) groups is 1. The van der Waals surface area contributed by atoms with Crippen LogP contribution >= 0.6 is 11.3 Å². The number of thiazole rings is 1. The molecule has 162 valence electrons. The van der Waals surface area contributed by atoms with Gasteiger partial charge < -0.3 is 4.90 Å². The van der Waals surface area contributed by atoms with Crippen LogP contribution in [0.5, 0.6) is 0 Å². The van der Waals surface area contributed by atoms with Crippen LogP contribution in [0.3, 0.4) is 0 Å². The summed E-state index contributed by atoms with van der Waals surface area (Å²) in [6, 6.07) is 10.7. The van der Waals surface area contributed by atoms with Crippen LogP contribution in [0.1, 0.15) is 52.1 Å². The lowest BCUT2D eigenvalue weighted by molar-refractivity contribution is -0.137. The molecule has 1 fully saturated rings. The lowest BCUT2D eigenvalue weighted by Crippen LogP contribution is -2.32. The summed E-state index contributed by atoms with van der Waals surface area (Å²) in [7, 11) is 0. The highest BCUT2D eigenvalue weighted by Crippen LogP contribution is 2.32. The number of rotatable bonds is 5. The predicted octanol–water partition coefficient (Wildman–Crippen LogP) is 5.36. The summed E-state index contributed by atoms with van der Waals surface area (Å²) < 4.78 is 38.3. The average Bonchev–Trinajstić information content (AvgIpc) is 3.37. The van der Waals surface area contributed by atoms with E-state index in [1.54, 1.807) is 0 Å². The van der Waals surface area contributed by atoms with E-state index in [9.17, 15) is 18.0 Å². The van der Waals surface area contributed by atoms with Gasteiger partial charge in [0, 0.05) is 24.0 Å². The standard InChI is InChI=1S/C23H22F3N3OS/c1-15-27-19(14-31-15)13-22(30)29-11-3-6-21(29)20-5-2-4-18(28-20)12-16-7-9-17(10-8-16)23(24,25)26/h2,4-5,7-10,14,21H,3,6,11-13H2,1H3/t21-/m0/s1. The van der Waals surface area contributed by atoms with Crippen LogP contribution < -0.4 is 0 Å². The molecule has 4 rings (SSSR count). The fraction of sp³-hybridized carbons (Fsp3) is 0.348. The van der Waals surface area contributed by atoms with Crippen molar-refractivity contribution in [3.63, 3.8) is 0 Å². The molecule has 1 atom stereocenters. The van der Waals surface area contributed by atoms with E-state index in [0.717, 1.165) is 52.6 Å². The van der Waals surface area contributed by atoms with E-state index in [1.165, 1.54) is 23.5 Å². The van der Waals surface area contributed by atoms with Gasteiger partial charge in [0.15, 0.2) is 0 Å². The van der Waals surface area contributed by atoms with E-state index in [2.05, 4.69) is 4.98 Å². The van der Waals surface area contributed by atoms with Crippen molar-refractivity contribution < 1.29 is 18.0 Å². The van der Waals surface area contributed by atoms with Crippen molar-refractivity contribution in [3.8, 4) is 0 Å². The summed E-state index contributed by atoms with van der Waals surface area (Å²) in [5.41, 5.74) is 2.49. The van der Waals surface area contributed by atoms with Gasteiger partial charge in [0.2, 0.25) is 5.91 Å². The maximum Gasteiger partial charge on any atom is 0.416 e. The Morgan fingerprint density at radius 2 is 1.90 bits per heavy atom. The van der Waals surface area contributed by atoms with Gasteiger partial charge in [-0.3, -0.25) is 9.78 Å². The first kappa shape index (κ1) is 21.5. The minimum absolute atomic E-state index is 0.0442. The van der Waals surface area contributed by atoms with Crippen LogP contribution in [0, 0.1) is 6.92 Å². The van der Waals surface area contributed by atoms with E-state index < -0.39 is 11.7 Å². The molecule has 3 heterocycles. The average molecular weight is 446 g/mol. The Hall–Kier alpha value is -2.74. The number of likely N-dealkylation sites (tertiary alicyclic amines) is 1. The van der Waals surface area contributed by atoms with Crippen LogP contribution in [0.15, 0.2) is 47.8 Å². The fourth-order valence-corrected chi connectivity index (χ4v) is 4.53. The molecule has 0 unspecified atom stereocenters. The minimum atomic E-state index is -4.34. The van der Waals surface area contributed by atoms with Gasteiger partial charge in [-0.05, 0) is 49.6 Å². The molecular formula is C23H22F3N3OS. The van der Waals surface area contributed by atoms with Crippen molar-refractivity contribution in [2.45, 2.75) is 44.8 Å². The summed E-state index contributed by atoms with van der Waals surface area (Å²) in [6.45, 7) is 2.61. The van der Waals surface area contributed by atoms with Crippen molar-refractivity contribution in [3.05, 3.63) is 81.1 Å².